The molecule has 0 saturated heterocycles. The molecule has 0 radical (unpaired) electrons. The maximum atomic E-state index is 10.8. The molecule has 1 rings (SSSR count). The quantitative estimate of drug-likeness (QED) is 0.774. The molecule has 1 amide bonds. The van der Waals surface area contributed by atoms with Crippen molar-refractivity contribution in [1.82, 2.24) is 5.32 Å². The molecule has 0 atom stereocenters. The van der Waals surface area contributed by atoms with E-state index >= 15 is 0 Å². The highest BCUT2D eigenvalue weighted by Gasteiger charge is 2.11. The number of nitrogens with one attached hydrogen (secondary N) is 1. The van der Waals surface area contributed by atoms with Crippen molar-refractivity contribution in [3.8, 4) is 0 Å². The van der Waals surface area contributed by atoms with Gasteiger partial charge in [-0.25, -0.2) is 0 Å². The van der Waals surface area contributed by atoms with E-state index in [0.717, 1.165) is 0 Å². The molecule has 1 N–H and O–H groups in total. The van der Waals surface area contributed by atoms with Crippen LogP contribution in [-0.2, 0) is 4.79 Å². The number of hydrogen-bond donors (Lipinski definition) is 1. The number of thiocarbonyl (C=S) groups is 1. The molecule has 0 aliphatic rings. The lowest BCUT2D eigenvalue weighted by atomic mass is 10.2. The lowest BCUT2D eigenvalue weighted by Crippen LogP contribution is -2.27. The van der Waals surface area contributed by atoms with E-state index < -0.39 is 0 Å². The fraction of sp³-hybridized carbons (Fsp3) is 0.111. The predicted molar refractivity (Wildman–Crippen MR) is 62.0 cm³/mol. The van der Waals surface area contributed by atoms with Gasteiger partial charge in [-0.2, -0.15) is 0 Å². The van der Waals surface area contributed by atoms with Crippen LogP contribution in [0.1, 0.15) is 12.5 Å². The summed E-state index contributed by atoms with van der Waals surface area (Å²) in [6, 6.07) is 5.04. The van der Waals surface area contributed by atoms with Gasteiger partial charge in [0, 0.05) is 12.5 Å². The fourth-order valence-corrected chi connectivity index (χ4v) is 2.00. The molecule has 0 heterocycles. The average Bonchev–Trinajstić information content (AvgIpc) is 2.01. The second-order valence-corrected chi connectivity index (χ2v) is 3.83. The minimum atomic E-state index is -0.244. The molecule has 0 aliphatic carbocycles. The number of amides is 1. The van der Waals surface area contributed by atoms with Gasteiger partial charge in [-0.15, -0.1) is 0 Å². The van der Waals surface area contributed by atoms with Gasteiger partial charge in [-0.05, 0) is 12.1 Å². The number of benzene rings is 1. The van der Waals surface area contributed by atoms with Gasteiger partial charge in [0.2, 0.25) is 5.91 Å². The molecule has 1 aromatic rings. The average molecular weight is 248 g/mol. The highest BCUT2D eigenvalue weighted by atomic mass is 35.5. The Balaban J connectivity index is 3.06. The summed E-state index contributed by atoms with van der Waals surface area (Å²) in [5.41, 5.74) is 0.487. The second-order valence-electron chi connectivity index (χ2n) is 2.61. The van der Waals surface area contributed by atoms with Crippen molar-refractivity contribution in [2.45, 2.75) is 6.92 Å². The molecule has 0 bridgehead atoms. The first kappa shape index (κ1) is 11.4. The van der Waals surface area contributed by atoms with E-state index in [4.69, 9.17) is 35.4 Å². The van der Waals surface area contributed by atoms with Gasteiger partial charge in [-0.1, -0.05) is 41.5 Å². The highest BCUT2D eigenvalue weighted by Crippen LogP contribution is 2.24. The Morgan fingerprint density at radius 1 is 1.36 bits per heavy atom. The zero-order valence-electron chi connectivity index (χ0n) is 7.30. The minimum absolute atomic E-state index is 0.244. The Morgan fingerprint density at radius 3 is 2.29 bits per heavy atom. The van der Waals surface area contributed by atoms with Crippen LogP contribution in [0.3, 0.4) is 0 Å². The van der Waals surface area contributed by atoms with E-state index in [0.29, 0.717) is 15.6 Å². The predicted octanol–water partition coefficient (Wildman–Crippen LogP) is 2.81. The summed E-state index contributed by atoms with van der Waals surface area (Å²) in [5, 5.41) is 3.32. The largest absolute Gasteiger partial charge is 0.317 e. The SMILES string of the molecule is CC(=O)NC(=S)c1c(Cl)cccc1Cl. The van der Waals surface area contributed by atoms with E-state index in [9.17, 15) is 4.79 Å². The maximum absolute atomic E-state index is 10.8. The summed E-state index contributed by atoms with van der Waals surface area (Å²) in [6.45, 7) is 1.37. The van der Waals surface area contributed by atoms with Crippen molar-refractivity contribution in [2.24, 2.45) is 0 Å². The van der Waals surface area contributed by atoms with Crippen LogP contribution in [0.4, 0.5) is 0 Å². The standard InChI is InChI=1S/C9H7Cl2NOS/c1-5(13)12-9(14)8-6(10)3-2-4-7(8)11/h2-4H,1H3,(H,12,13,14). The van der Waals surface area contributed by atoms with Crippen LogP contribution in [0.5, 0.6) is 0 Å². The zero-order valence-corrected chi connectivity index (χ0v) is 9.63. The molecular weight excluding hydrogens is 241 g/mol. The summed E-state index contributed by atoms with van der Waals surface area (Å²) in [4.78, 5) is 11.0. The summed E-state index contributed by atoms with van der Waals surface area (Å²) in [7, 11) is 0. The Morgan fingerprint density at radius 2 is 1.86 bits per heavy atom. The fourth-order valence-electron chi connectivity index (χ4n) is 0.937. The van der Waals surface area contributed by atoms with Crippen molar-refractivity contribution >= 4 is 46.3 Å². The van der Waals surface area contributed by atoms with Gasteiger partial charge >= 0.3 is 0 Å². The molecule has 0 spiro atoms. The van der Waals surface area contributed by atoms with Gasteiger partial charge in [-0.3, -0.25) is 4.79 Å². The molecule has 0 fully saturated rings. The van der Waals surface area contributed by atoms with E-state index in [1.54, 1.807) is 18.2 Å². The first-order valence-corrected chi connectivity index (χ1v) is 4.94. The van der Waals surface area contributed by atoms with Crippen LogP contribution < -0.4 is 5.32 Å². The monoisotopic (exact) mass is 247 g/mol. The Labute approximate surface area is 97.2 Å². The lowest BCUT2D eigenvalue weighted by Gasteiger charge is -2.08. The number of carbonyl (C=O) groups excluding carboxylic acids is 1. The Kier molecular flexibility index (Phi) is 3.86. The van der Waals surface area contributed by atoms with Crippen LogP contribution in [0.2, 0.25) is 10.0 Å². The van der Waals surface area contributed by atoms with Crippen LogP contribution in [-0.4, -0.2) is 10.9 Å². The summed E-state index contributed by atoms with van der Waals surface area (Å²) >= 11 is 16.7. The van der Waals surface area contributed by atoms with Gasteiger partial charge in [0.05, 0.1) is 10.0 Å². The van der Waals surface area contributed by atoms with Crippen LogP contribution >= 0.6 is 35.4 Å². The van der Waals surface area contributed by atoms with Crippen molar-refractivity contribution in [3.63, 3.8) is 0 Å². The van der Waals surface area contributed by atoms with E-state index in [1.165, 1.54) is 6.92 Å². The minimum Gasteiger partial charge on any atom is -0.317 e. The van der Waals surface area contributed by atoms with Crippen molar-refractivity contribution in [1.29, 1.82) is 0 Å². The molecule has 0 unspecified atom stereocenters. The third-order valence-corrected chi connectivity index (χ3v) is 2.42. The molecule has 74 valence electrons. The van der Waals surface area contributed by atoms with Crippen LogP contribution in [0.25, 0.3) is 0 Å². The third kappa shape index (κ3) is 2.67. The van der Waals surface area contributed by atoms with Crippen molar-refractivity contribution < 1.29 is 4.79 Å². The number of carbonyl (C=O) groups is 1. The molecule has 0 aromatic heterocycles. The summed E-state index contributed by atoms with van der Waals surface area (Å²) in [6.07, 6.45) is 0. The Bertz CT molecular complexity index is 372. The molecule has 2 nitrogen and oxygen atoms in total. The summed E-state index contributed by atoms with van der Waals surface area (Å²) < 4.78 is 0. The van der Waals surface area contributed by atoms with Gasteiger partial charge in [0.25, 0.3) is 0 Å². The smallest absolute Gasteiger partial charge is 0.221 e. The summed E-state index contributed by atoms with van der Waals surface area (Å²) in [5.74, 6) is -0.244. The number of hydrogen-bond acceptors (Lipinski definition) is 2. The highest BCUT2D eigenvalue weighted by molar-refractivity contribution is 7.80. The number of rotatable bonds is 1. The topological polar surface area (TPSA) is 29.1 Å². The molecule has 1 aromatic carbocycles. The number of halogens is 2. The van der Waals surface area contributed by atoms with Crippen molar-refractivity contribution in [3.05, 3.63) is 33.8 Å². The first-order valence-electron chi connectivity index (χ1n) is 3.78. The van der Waals surface area contributed by atoms with Crippen molar-refractivity contribution in [2.75, 3.05) is 0 Å². The molecule has 0 saturated carbocycles. The lowest BCUT2D eigenvalue weighted by molar-refractivity contribution is -0.117. The third-order valence-electron chi connectivity index (χ3n) is 1.48. The van der Waals surface area contributed by atoms with Gasteiger partial charge < -0.3 is 5.32 Å². The molecular formula is C9H7Cl2NOS. The first-order chi connectivity index (χ1) is 6.52. The van der Waals surface area contributed by atoms with Gasteiger partial charge in [0.15, 0.2) is 0 Å². The normalized spacial score (nSPS) is 9.64. The zero-order chi connectivity index (χ0) is 10.7. The molecule has 14 heavy (non-hydrogen) atoms. The van der Waals surface area contributed by atoms with E-state index in [2.05, 4.69) is 5.32 Å². The van der Waals surface area contributed by atoms with Gasteiger partial charge in [0.1, 0.15) is 4.99 Å². The maximum Gasteiger partial charge on any atom is 0.221 e. The second kappa shape index (κ2) is 4.73. The van der Waals surface area contributed by atoms with E-state index in [1.807, 2.05) is 0 Å². The van der Waals surface area contributed by atoms with Crippen LogP contribution in [0, 0.1) is 0 Å². The molecule has 0 aliphatic heterocycles. The Hall–Kier alpha value is -0.640. The van der Waals surface area contributed by atoms with E-state index in [-0.39, 0.29) is 10.9 Å². The molecule has 5 heteroatoms. The van der Waals surface area contributed by atoms with Crippen LogP contribution in [0.15, 0.2) is 18.2 Å².